The van der Waals surface area contributed by atoms with E-state index < -0.39 is 11.6 Å². The minimum Gasteiger partial charge on any atom is -0.347 e. The van der Waals surface area contributed by atoms with Crippen LogP contribution in [-0.4, -0.2) is 15.9 Å². The fourth-order valence-corrected chi connectivity index (χ4v) is 1.91. The van der Waals surface area contributed by atoms with Crippen molar-refractivity contribution in [1.82, 2.24) is 15.3 Å². The highest BCUT2D eigenvalue weighted by Crippen LogP contribution is 2.13. The molecule has 1 aromatic carbocycles. The Morgan fingerprint density at radius 3 is 2.80 bits per heavy atom. The smallest absolute Gasteiger partial charge is 0.225 e. The lowest BCUT2D eigenvalue weighted by molar-refractivity contribution is -0.121. The monoisotopic (exact) mass is 279 g/mol. The number of amides is 1. The van der Waals surface area contributed by atoms with Crippen LogP contribution in [-0.2, 0) is 11.2 Å². The largest absolute Gasteiger partial charge is 0.347 e. The molecule has 1 atom stereocenters. The van der Waals surface area contributed by atoms with Crippen LogP contribution in [0.2, 0.25) is 0 Å². The highest BCUT2D eigenvalue weighted by molar-refractivity contribution is 5.78. The molecule has 0 spiro atoms. The number of carbonyl (C=O) groups excluding carboxylic acids is 1. The van der Waals surface area contributed by atoms with Crippen LogP contribution < -0.4 is 5.32 Å². The van der Waals surface area contributed by atoms with E-state index >= 15 is 0 Å². The molecule has 106 valence electrons. The molecular weight excluding hydrogens is 264 g/mol. The third kappa shape index (κ3) is 3.40. The lowest BCUT2D eigenvalue weighted by atomic mass is 10.1. The Morgan fingerprint density at radius 2 is 2.20 bits per heavy atom. The molecule has 4 nitrogen and oxygen atoms in total. The number of aromatic nitrogens is 2. The van der Waals surface area contributed by atoms with Crippen molar-refractivity contribution >= 4 is 5.91 Å². The highest BCUT2D eigenvalue weighted by atomic mass is 19.2. The summed E-state index contributed by atoms with van der Waals surface area (Å²) in [6, 6.07) is 3.22. The SMILES string of the molecule is CCC(NC(=O)Cc1ccc(F)c(F)c1)c1ncc[nH]1. The van der Waals surface area contributed by atoms with Gasteiger partial charge in [-0.15, -0.1) is 0 Å². The van der Waals surface area contributed by atoms with Gasteiger partial charge in [0, 0.05) is 12.4 Å². The maximum absolute atomic E-state index is 13.1. The molecule has 1 amide bonds. The van der Waals surface area contributed by atoms with Gasteiger partial charge >= 0.3 is 0 Å². The topological polar surface area (TPSA) is 57.8 Å². The number of halogens is 2. The number of imidazole rings is 1. The summed E-state index contributed by atoms with van der Waals surface area (Å²) in [4.78, 5) is 18.9. The fraction of sp³-hybridized carbons (Fsp3) is 0.286. The van der Waals surface area contributed by atoms with E-state index in [1.54, 1.807) is 12.4 Å². The van der Waals surface area contributed by atoms with Gasteiger partial charge < -0.3 is 10.3 Å². The number of nitrogens with zero attached hydrogens (tertiary/aromatic N) is 1. The van der Waals surface area contributed by atoms with E-state index in [0.717, 1.165) is 12.1 Å². The van der Waals surface area contributed by atoms with E-state index in [9.17, 15) is 13.6 Å². The second-order valence-corrected chi connectivity index (χ2v) is 4.43. The molecule has 0 bridgehead atoms. The molecule has 2 aromatic rings. The summed E-state index contributed by atoms with van der Waals surface area (Å²) in [5, 5.41) is 2.80. The number of benzene rings is 1. The summed E-state index contributed by atoms with van der Waals surface area (Å²) < 4.78 is 25.9. The van der Waals surface area contributed by atoms with Crippen LogP contribution in [0.25, 0.3) is 0 Å². The summed E-state index contributed by atoms with van der Waals surface area (Å²) in [6.45, 7) is 1.92. The lowest BCUT2D eigenvalue weighted by Gasteiger charge is -2.14. The van der Waals surface area contributed by atoms with Crippen LogP contribution in [0.4, 0.5) is 8.78 Å². The maximum Gasteiger partial charge on any atom is 0.225 e. The van der Waals surface area contributed by atoms with E-state index in [1.807, 2.05) is 6.92 Å². The minimum atomic E-state index is -0.951. The number of hydrogen-bond donors (Lipinski definition) is 2. The molecule has 0 radical (unpaired) electrons. The van der Waals surface area contributed by atoms with E-state index in [-0.39, 0.29) is 18.4 Å². The van der Waals surface area contributed by atoms with Gasteiger partial charge in [-0.2, -0.15) is 0 Å². The molecule has 0 aliphatic heterocycles. The van der Waals surface area contributed by atoms with Gasteiger partial charge in [0.05, 0.1) is 12.5 Å². The van der Waals surface area contributed by atoms with Crippen molar-refractivity contribution in [2.75, 3.05) is 0 Å². The van der Waals surface area contributed by atoms with Crippen molar-refractivity contribution < 1.29 is 13.6 Å². The standard InChI is InChI=1S/C14H15F2N3O/c1-2-12(14-17-5-6-18-14)19-13(20)8-9-3-4-10(15)11(16)7-9/h3-7,12H,2,8H2,1H3,(H,17,18)(H,19,20). The Balaban J connectivity index is 1.99. The van der Waals surface area contributed by atoms with Crippen LogP contribution in [0.1, 0.15) is 30.8 Å². The Bertz CT molecular complexity index is 584. The average molecular weight is 279 g/mol. The normalized spacial score (nSPS) is 12.2. The van der Waals surface area contributed by atoms with Crippen molar-refractivity contribution in [1.29, 1.82) is 0 Å². The van der Waals surface area contributed by atoms with Crippen LogP contribution >= 0.6 is 0 Å². The molecule has 0 saturated heterocycles. The highest BCUT2D eigenvalue weighted by Gasteiger charge is 2.15. The lowest BCUT2D eigenvalue weighted by Crippen LogP contribution is -2.30. The maximum atomic E-state index is 13.1. The van der Waals surface area contributed by atoms with Gasteiger partial charge in [-0.1, -0.05) is 13.0 Å². The molecule has 2 rings (SSSR count). The first kappa shape index (κ1) is 14.2. The van der Waals surface area contributed by atoms with Gasteiger partial charge in [-0.3, -0.25) is 4.79 Å². The summed E-state index contributed by atoms with van der Waals surface area (Å²) in [5.41, 5.74) is 0.427. The molecule has 0 saturated carbocycles. The van der Waals surface area contributed by atoms with E-state index in [4.69, 9.17) is 0 Å². The number of H-pyrrole nitrogens is 1. The second-order valence-electron chi connectivity index (χ2n) is 4.43. The molecule has 1 heterocycles. The van der Waals surface area contributed by atoms with Gasteiger partial charge in [0.2, 0.25) is 5.91 Å². The Hall–Kier alpha value is -2.24. The zero-order valence-electron chi connectivity index (χ0n) is 11.0. The van der Waals surface area contributed by atoms with Gasteiger partial charge in [0.15, 0.2) is 11.6 Å². The molecule has 0 fully saturated rings. The van der Waals surface area contributed by atoms with Crippen molar-refractivity contribution in [2.24, 2.45) is 0 Å². The average Bonchev–Trinajstić information content (AvgIpc) is 2.94. The zero-order chi connectivity index (χ0) is 14.5. The third-order valence-corrected chi connectivity index (χ3v) is 2.94. The molecule has 6 heteroatoms. The van der Waals surface area contributed by atoms with Crippen LogP contribution in [0, 0.1) is 11.6 Å². The Kier molecular flexibility index (Phi) is 4.45. The van der Waals surface area contributed by atoms with Gasteiger partial charge in [-0.25, -0.2) is 13.8 Å². The molecule has 1 aromatic heterocycles. The summed E-state index contributed by atoms with van der Waals surface area (Å²) in [7, 11) is 0. The number of carbonyl (C=O) groups is 1. The number of rotatable bonds is 5. The van der Waals surface area contributed by atoms with Crippen molar-refractivity contribution in [3.63, 3.8) is 0 Å². The van der Waals surface area contributed by atoms with E-state index in [0.29, 0.717) is 17.8 Å². The van der Waals surface area contributed by atoms with Crippen molar-refractivity contribution in [3.05, 3.63) is 53.6 Å². The van der Waals surface area contributed by atoms with Crippen molar-refractivity contribution in [2.45, 2.75) is 25.8 Å². The first-order valence-corrected chi connectivity index (χ1v) is 6.32. The van der Waals surface area contributed by atoms with Crippen molar-refractivity contribution in [3.8, 4) is 0 Å². The predicted octanol–water partition coefficient (Wildman–Crippen LogP) is 2.50. The number of aromatic amines is 1. The summed E-state index contributed by atoms with van der Waals surface area (Å²) >= 11 is 0. The van der Waals surface area contributed by atoms with Crippen LogP contribution in [0.5, 0.6) is 0 Å². The third-order valence-electron chi connectivity index (χ3n) is 2.94. The zero-order valence-corrected chi connectivity index (χ0v) is 11.0. The van der Waals surface area contributed by atoms with Gasteiger partial charge in [-0.05, 0) is 24.1 Å². The fourth-order valence-electron chi connectivity index (χ4n) is 1.91. The summed E-state index contributed by atoms with van der Waals surface area (Å²) in [6.07, 6.45) is 3.96. The molecule has 1 unspecified atom stereocenters. The first-order chi connectivity index (χ1) is 9.60. The predicted molar refractivity (Wildman–Crippen MR) is 69.8 cm³/mol. The molecule has 20 heavy (non-hydrogen) atoms. The Labute approximate surface area is 115 Å². The molecule has 0 aliphatic carbocycles. The molecular formula is C14H15F2N3O. The van der Waals surface area contributed by atoms with Crippen LogP contribution in [0.3, 0.4) is 0 Å². The number of hydrogen-bond acceptors (Lipinski definition) is 2. The van der Waals surface area contributed by atoms with Gasteiger partial charge in [0.1, 0.15) is 5.82 Å². The Morgan fingerprint density at radius 1 is 1.40 bits per heavy atom. The molecule has 2 N–H and O–H groups in total. The van der Waals surface area contributed by atoms with E-state index in [1.165, 1.54) is 6.07 Å². The van der Waals surface area contributed by atoms with Gasteiger partial charge in [0.25, 0.3) is 0 Å². The number of nitrogens with one attached hydrogen (secondary N) is 2. The molecule has 0 aliphatic rings. The summed E-state index contributed by atoms with van der Waals surface area (Å²) in [5.74, 6) is -1.46. The van der Waals surface area contributed by atoms with Crippen LogP contribution in [0.15, 0.2) is 30.6 Å². The second kappa shape index (κ2) is 6.27. The minimum absolute atomic E-state index is 0.00555. The quantitative estimate of drug-likeness (QED) is 0.883. The van der Waals surface area contributed by atoms with E-state index in [2.05, 4.69) is 15.3 Å². The first-order valence-electron chi connectivity index (χ1n) is 6.32.